The molecule has 0 saturated carbocycles. The van der Waals surface area contributed by atoms with E-state index in [1.54, 1.807) is 11.1 Å². The Morgan fingerprint density at radius 1 is 1.44 bits per heavy atom. The van der Waals surface area contributed by atoms with Gasteiger partial charge < -0.3 is 5.73 Å². The van der Waals surface area contributed by atoms with Gasteiger partial charge in [-0.25, -0.2) is 0 Å². The van der Waals surface area contributed by atoms with E-state index in [1.807, 2.05) is 18.2 Å². The number of likely N-dealkylation sites (tertiary alicyclic amines) is 1. The topological polar surface area (TPSA) is 59.2 Å². The van der Waals surface area contributed by atoms with Crippen molar-refractivity contribution in [2.24, 2.45) is 5.73 Å². The molecule has 1 amide bonds. The van der Waals surface area contributed by atoms with Crippen molar-refractivity contribution in [1.29, 1.82) is 0 Å². The van der Waals surface area contributed by atoms with Crippen LogP contribution in [0.5, 0.6) is 0 Å². The Morgan fingerprint density at radius 2 is 2.12 bits per heavy atom. The quantitative estimate of drug-likeness (QED) is 0.787. The van der Waals surface area contributed by atoms with Crippen molar-refractivity contribution in [2.75, 3.05) is 13.1 Å². The molecule has 1 fully saturated rings. The van der Waals surface area contributed by atoms with Crippen molar-refractivity contribution in [2.45, 2.75) is 18.3 Å². The minimum absolute atomic E-state index is 0.306. The molecule has 84 valence electrons. The second-order valence-electron chi connectivity index (χ2n) is 4.20. The van der Waals surface area contributed by atoms with Gasteiger partial charge in [0.05, 0.1) is 11.1 Å². The SMILES string of the molecule is [CH]N1CCC(C(N)=O)(c2ccccn2)CC1. The van der Waals surface area contributed by atoms with Gasteiger partial charge in [-0.1, -0.05) is 6.07 Å². The summed E-state index contributed by atoms with van der Waals surface area (Å²) >= 11 is 0. The highest BCUT2D eigenvalue weighted by atomic mass is 16.1. The molecule has 1 aliphatic rings. The summed E-state index contributed by atoms with van der Waals surface area (Å²) in [7, 11) is 5.69. The zero-order valence-electron chi connectivity index (χ0n) is 9.10. The average Bonchev–Trinajstić information content (AvgIpc) is 2.31. The fourth-order valence-corrected chi connectivity index (χ4v) is 2.18. The molecule has 2 N–H and O–H groups in total. The predicted octanol–water partition coefficient (Wildman–Crippen LogP) is 0.569. The number of piperidine rings is 1. The number of hydrogen-bond acceptors (Lipinski definition) is 3. The lowest BCUT2D eigenvalue weighted by atomic mass is 9.75. The van der Waals surface area contributed by atoms with Gasteiger partial charge in [0.25, 0.3) is 0 Å². The first-order chi connectivity index (χ1) is 7.65. The van der Waals surface area contributed by atoms with Crippen LogP contribution < -0.4 is 5.73 Å². The number of hydrogen-bond donors (Lipinski definition) is 1. The summed E-state index contributed by atoms with van der Waals surface area (Å²) in [6.45, 7) is 1.33. The maximum atomic E-state index is 11.7. The second-order valence-corrected chi connectivity index (χ2v) is 4.20. The first-order valence-corrected chi connectivity index (χ1v) is 5.36. The number of primary amides is 1. The molecular formula is C12H15N3O. The van der Waals surface area contributed by atoms with Gasteiger partial charge in [-0.15, -0.1) is 0 Å². The van der Waals surface area contributed by atoms with E-state index in [4.69, 9.17) is 12.8 Å². The Labute approximate surface area is 95.5 Å². The Hall–Kier alpha value is -1.42. The molecule has 4 nitrogen and oxygen atoms in total. The van der Waals surface area contributed by atoms with E-state index in [0.29, 0.717) is 25.9 Å². The van der Waals surface area contributed by atoms with Crippen LogP contribution in [0.25, 0.3) is 0 Å². The first kappa shape index (κ1) is 11.1. The molecule has 0 spiro atoms. The fraction of sp³-hybridized carbons (Fsp3) is 0.417. The monoisotopic (exact) mass is 217 g/mol. The van der Waals surface area contributed by atoms with Gasteiger partial charge in [0.2, 0.25) is 5.91 Å². The summed E-state index contributed by atoms with van der Waals surface area (Å²) in [5, 5.41) is 0. The molecule has 2 rings (SSSR count). The van der Waals surface area contributed by atoms with Crippen LogP contribution >= 0.6 is 0 Å². The van der Waals surface area contributed by atoms with E-state index in [9.17, 15) is 4.79 Å². The number of aromatic nitrogens is 1. The van der Waals surface area contributed by atoms with Crippen LogP contribution in [0.2, 0.25) is 0 Å². The average molecular weight is 217 g/mol. The minimum Gasteiger partial charge on any atom is -0.369 e. The van der Waals surface area contributed by atoms with Crippen molar-refractivity contribution in [1.82, 2.24) is 9.88 Å². The summed E-state index contributed by atoms with van der Waals surface area (Å²) in [5.74, 6) is -0.306. The zero-order chi connectivity index (χ0) is 11.6. The summed E-state index contributed by atoms with van der Waals surface area (Å²) in [4.78, 5) is 17.7. The van der Waals surface area contributed by atoms with E-state index >= 15 is 0 Å². The molecule has 2 heterocycles. The Morgan fingerprint density at radius 3 is 2.62 bits per heavy atom. The first-order valence-electron chi connectivity index (χ1n) is 5.36. The van der Waals surface area contributed by atoms with Crippen LogP contribution in [-0.2, 0) is 10.2 Å². The molecule has 1 aromatic heterocycles. The lowest BCUT2D eigenvalue weighted by Gasteiger charge is -2.37. The third-order valence-corrected chi connectivity index (χ3v) is 3.28. The number of carbonyl (C=O) groups excluding carboxylic acids is 1. The van der Waals surface area contributed by atoms with Crippen LogP contribution in [0.3, 0.4) is 0 Å². The van der Waals surface area contributed by atoms with E-state index in [0.717, 1.165) is 5.69 Å². The third-order valence-electron chi connectivity index (χ3n) is 3.28. The van der Waals surface area contributed by atoms with Crippen molar-refractivity contribution in [3.8, 4) is 0 Å². The summed E-state index contributed by atoms with van der Waals surface area (Å²) in [6, 6.07) is 5.56. The van der Waals surface area contributed by atoms with Gasteiger partial charge in [-0.2, -0.15) is 0 Å². The highest BCUT2D eigenvalue weighted by Crippen LogP contribution is 2.33. The van der Waals surface area contributed by atoms with Crippen molar-refractivity contribution >= 4 is 5.91 Å². The van der Waals surface area contributed by atoms with Gasteiger partial charge in [-0.3, -0.25) is 14.7 Å². The number of carbonyl (C=O) groups is 1. The van der Waals surface area contributed by atoms with E-state index in [-0.39, 0.29) is 5.91 Å². The molecule has 0 aliphatic carbocycles. The summed E-state index contributed by atoms with van der Waals surface area (Å²) in [6.07, 6.45) is 2.96. The zero-order valence-corrected chi connectivity index (χ0v) is 9.10. The normalized spacial score (nSPS) is 20.6. The number of amides is 1. The van der Waals surface area contributed by atoms with Crippen molar-refractivity contribution in [3.05, 3.63) is 37.1 Å². The van der Waals surface area contributed by atoms with Crippen LogP contribution in [-0.4, -0.2) is 28.9 Å². The lowest BCUT2D eigenvalue weighted by molar-refractivity contribution is -0.125. The van der Waals surface area contributed by atoms with Gasteiger partial charge in [-0.05, 0) is 38.1 Å². The maximum Gasteiger partial charge on any atom is 0.229 e. The van der Waals surface area contributed by atoms with Crippen molar-refractivity contribution < 1.29 is 4.79 Å². The third kappa shape index (κ3) is 1.80. The predicted molar refractivity (Wildman–Crippen MR) is 60.2 cm³/mol. The van der Waals surface area contributed by atoms with Gasteiger partial charge in [0.1, 0.15) is 0 Å². The molecule has 1 aromatic rings. The largest absolute Gasteiger partial charge is 0.369 e. The van der Waals surface area contributed by atoms with Gasteiger partial charge in [0, 0.05) is 13.2 Å². The number of rotatable bonds is 2. The Kier molecular flexibility index (Phi) is 2.92. The lowest BCUT2D eigenvalue weighted by Crippen LogP contribution is -2.49. The molecule has 1 saturated heterocycles. The van der Waals surface area contributed by atoms with Crippen LogP contribution in [0.1, 0.15) is 18.5 Å². The van der Waals surface area contributed by atoms with E-state index < -0.39 is 5.41 Å². The molecule has 4 heteroatoms. The highest BCUT2D eigenvalue weighted by molar-refractivity contribution is 5.86. The molecule has 16 heavy (non-hydrogen) atoms. The van der Waals surface area contributed by atoms with E-state index in [1.165, 1.54) is 0 Å². The van der Waals surface area contributed by atoms with Crippen LogP contribution in [0, 0.1) is 7.05 Å². The van der Waals surface area contributed by atoms with Crippen LogP contribution in [0.15, 0.2) is 24.4 Å². The maximum absolute atomic E-state index is 11.7. The molecule has 0 aromatic carbocycles. The summed E-state index contributed by atoms with van der Waals surface area (Å²) in [5.41, 5.74) is 5.66. The molecule has 0 unspecified atom stereocenters. The Balaban J connectivity index is 2.34. The van der Waals surface area contributed by atoms with Crippen LogP contribution in [0.4, 0.5) is 0 Å². The standard InChI is InChI=1S/C12H15N3O/c1-15-8-5-12(6-9-15,11(13)16)10-4-2-3-7-14-10/h1-4,7H,5-6,8-9H2,(H2,13,16). The highest BCUT2D eigenvalue weighted by Gasteiger charge is 2.41. The molecule has 0 atom stereocenters. The number of pyridine rings is 1. The number of nitrogens with zero attached hydrogens (tertiary/aromatic N) is 2. The Bertz CT molecular complexity index is 369. The number of nitrogens with two attached hydrogens (primary N) is 1. The second kappa shape index (κ2) is 4.22. The minimum atomic E-state index is -0.642. The smallest absolute Gasteiger partial charge is 0.229 e. The van der Waals surface area contributed by atoms with E-state index in [2.05, 4.69) is 4.98 Å². The fourth-order valence-electron chi connectivity index (χ4n) is 2.18. The van der Waals surface area contributed by atoms with Crippen molar-refractivity contribution in [3.63, 3.8) is 0 Å². The molecular weight excluding hydrogens is 202 g/mol. The summed E-state index contributed by atoms with van der Waals surface area (Å²) < 4.78 is 0. The molecule has 2 radical (unpaired) electrons. The van der Waals surface area contributed by atoms with Gasteiger partial charge in [0.15, 0.2) is 0 Å². The molecule has 1 aliphatic heterocycles. The van der Waals surface area contributed by atoms with Gasteiger partial charge >= 0.3 is 0 Å². The molecule has 0 bridgehead atoms.